The van der Waals surface area contributed by atoms with Crippen molar-refractivity contribution < 1.29 is 9.84 Å². The largest absolute Gasteiger partial charge is 0.497 e. The van der Waals surface area contributed by atoms with Crippen molar-refractivity contribution in [2.45, 2.75) is 76.1 Å². The first-order chi connectivity index (χ1) is 14.8. The van der Waals surface area contributed by atoms with Crippen LogP contribution in [0, 0.1) is 0 Å². The predicted molar refractivity (Wildman–Crippen MR) is 123 cm³/mol. The Bertz CT molecular complexity index is 1070. The Morgan fingerprint density at radius 1 is 1.13 bits per heavy atom. The van der Waals surface area contributed by atoms with Gasteiger partial charge in [-0.2, -0.15) is 0 Å². The van der Waals surface area contributed by atoms with Gasteiger partial charge < -0.3 is 14.8 Å². The molecule has 164 valence electrons. The number of benzene rings is 1. The third-order valence-electron chi connectivity index (χ3n) is 7.31. The summed E-state index contributed by atoms with van der Waals surface area (Å²) in [6.07, 6.45) is 5.71. The lowest BCUT2D eigenvalue weighted by molar-refractivity contribution is -0.0595. The first kappa shape index (κ1) is 20.5. The summed E-state index contributed by atoms with van der Waals surface area (Å²) in [5, 5.41) is 12.8. The number of hydrogen-bond acceptors (Lipinski definition) is 4. The number of aliphatic hydroxyl groups is 1. The smallest absolute Gasteiger partial charge is 0.137 e. The Hall–Kier alpha value is -2.37. The molecular weight excluding hydrogens is 386 g/mol. The number of piperidine rings is 1. The molecule has 2 aromatic heterocycles. The van der Waals surface area contributed by atoms with E-state index in [0.29, 0.717) is 12.1 Å². The van der Waals surface area contributed by atoms with Gasteiger partial charge in [-0.05, 0) is 61.1 Å². The number of aromatic nitrogens is 2. The minimum absolute atomic E-state index is 0.0225. The maximum Gasteiger partial charge on any atom is 0.137 e. The predicted octanol–water partition coefficient (Wildman–Crippen LogP) is 4.88. The van der Waals surface area contributed by atoms with Crippen molar-refractivity contribution in [3.05, 3.63) is 59.4 Å². The molecule has 0 unspecified atom stereocenters. The summed E-state index contributed by atoms with van der Waals surface area (Å²) in [5.41, 5.74) is 3.88. The lowest BCUT2D eigenvalue weighted by Gasteiger charge is -2.44. The molecule has 0 spiro atoms. The van der Waals surface area contributed by atoms with Crippen molar-refractivity contribution in [3.8, 4) is 5.75 Å². The van der Waals surface area contributed by atoms with E-state index < -0.39 is 5.60 Å². The molecule has 5 heteroatoms. The molecule has 5 nitrogen and oxygen atoms in total. The fourth-order valence-corrected chi connectivity index (χ4v) is 5.78. The minimum Gasteiger partial charge on any atom is -0.497 e. The average molecular weight is 420 g/mol. The molecule has 4 heterocycles. The molecule has 2 saturated heterocycles. The summed E-state index contributed by atoms with van der Waals surface area (Å²) in [6, 6.07) is 12.9. The van der Waals surface area contributed by atoms with Gasteiger partial charge in [-0.1, -0.05) is 32.9 Å². The number of nitrogens with one attached hydrogen (secondary N) is 1. The molecule has 2 aliphatic heterocycles. The zero-order valence-corrected chi connectivity index (χ0v) is 19.0. The van der Waals surface area contributed by atoms with Gasteiger partial charge >= 0.3 is 0 Å². The Kier molecular flexibility index (Phi) is 4.87. The lowest BCUT2D eigenvalue weighted by atomic mass is 9.80. The van der Waals surface area contributed by atoms with E-state index in [-0.39, 0.29) is 5.41 Å². The van der Waals surface area contributed by atoms with E-state index in [1.165, 1.54) is 16.6 Å². The van der Waals surface area contributed by atoms with Crippen LogP contribution in [0.5, 0.6) is 5.75 Å². The third-order valence-corrected chi connectivity index (χ3v) is 7.31. The van der Waals surface area contributed by atoms with Gasteiger partial charge in [0.15, 0.2) is 0 Å². The number of methoxy groups -OCH3 is 1. The van der Waals surface area contributed by atoms with Crippen molar-refractivity contribution in [3.63, 3.8) is 0 Å². The van der Waals surface area contributed by atoms with Gasteiger partial charge in [-0.15, -0.1) is 0 Å². The first-order valence-corrected chi connectivity index (χ1v) is 11.4. The fraction of sp³-hybridized carbons (Fsp3) is 0.500. The Labute approximate surface area is 184 Å². The monoisotopic (exact) mass is 419 g/mol. The highest BCUT2D eigenvalue weighted by atomic mass is 16.5. The Balaban J connectivity index is 1.44. The lowest BCUT2D eigenvalue weighted by Crippen LogP contribution is -2.49. The van der Waals surface area contributed by atoms with Crippen LogP contribution in [0.15, 0.2) is 42.6 Å². The molecule has 31 heavy (non-hydrogen) atoms. The number of hydrogen-bond donors (Lipinski definition) is 2. The molecular formula is C26H33N3O2. The highest BCUT2D eigenvalue weighted by molar-refractivity contribution is 5.81. The molecule has 2 aliphatic rings. The van der Waals surface area contributed by atoms with Crippen LogP contribution in [-0.2, 0) is 17.6 Å². The highest BCUT2D eigenvalue weighted by Gasteiger charge is 2.48. The van der Waals surface area contributed by atoms with E-state index >= 15 is 0 Å². The molecule has 0 saturated carbocycles. The van der Waals surface area contributed by atoms with E-state index in [2.05, 4.69) is 41.7 Å². The quantitative estimate of drug-likeness (QED) is 0.632. The number of aromatic amines is 1. The molecule has 2 atom stereocenters. The molecule has 0 amide bonds. The summed E-state index contributed by atoms with van der Waals surface area (Å²) >= 11 is 0. The van der Waals surface area contributed by atoms with Crippen LogP contribution in [0.4, 0.5) is 0 Å². The van der Waals surface area contributed by atoms with Gasteiger partial charge in [0.25, 0.3) is 0 Å². The van der Waals surface area contributed by atoms with Gasteiger partial charge in [0.05, 0.1) is 12.7 Å². The zero-order valence-electron chi connectivity index (χ0n) is 19.0. The summed E-state index contributed by atoms with van der Waals surface area (Å²) in [4.78, 5) is 10.8. The number of H-pyrrole nitrogens is 1. The second-order valence-electron chi connectivity index (χ2n) is 10.4. The maximum atomic E-state index is 11.6. The van der Waals surface area contributed by atoms with Gasteiger partial charge in [0.1, 0.15) is 11.4 Å². The molecule has 2 bridgehead atoms. The SMILES string of the molecule is COc1ccc(C2(O)C[C@@H]3CC[C@@H](C2)N3Cc2c(C(C)(C)C)[nH]c3ncccc23)cc1. The standard InChI is InChI=1S/C26H33N3O2/c1-25(2,3)23-22(21-6-5-13-27-24(21)28-23)16-29-18-9-10-19(29)15-26(30,14-18)17-7-11-20(31-4)12-8-17/h5-8,11-13,18-19,30H,9-10,14-16H2,1-4H3,(H,27,28)/t18-,19-/m0/s1. The molecule has 5 rings (SSSR count). The minimum atomic E-state index is -0.761. The van der Waals surface area contributed by atoms with E-state index in [0.717, 1.165) is 49.2 Å². The number of rotatable bonds is 4. The summed E-state index contributed by atoms with van der Waals surface area (Å²) in [5.74, 6) is 0.829. The number of fused-ring (bicyclic) bond motifs is 3. The van der Waals surface area contributed by atoms with Crippen LogP contribution in [0.1, 0.15) is 63.3 Å². The third kappa shape index (κ3) is 3.54. The Morgan fingerprint density at radius 3 is 2.42 bits per heavy atom. The van der Waals surface area contributed by atoms with Crippen LogP contribution in [-0.4, -0.2) is 39.2 Å². The van der Waals surface area contributed by atoms with E-state index in [1.807, 2.05) is 36.5 Å². The van der Waals surface area contributed by atoms with Crippen LogP contribution in [0.25, 0.3) is 11.0 Å². The zero-order chi connectivity index (χ0) is 21.8. The maximum absolute atomic E-state index is 11.6. The van der Waals surface area contributed by atoms with Crippen molar-refractivity contribution in [2.24, 2.45) is 0 Å². The fourth-order valence-electron chi connectivity index (χ4n) is 5.78. The molecule has 2 fully saturated rings. The Morgan fingerprint density at radius 2 is 1.81 bits per heavy atom. The molecule has 2 N–H and O–H groups in total. The number of nitrogens with zero attached hydrogens (tertiary/aromatic N) is 2. The van der Waals surface area contributed by atoms with Gasteiger partial charge in [0, 0.05) is 41.3 Å². The van der Waals surface area contributed by atoms with Crippen LogP contribution in [0.2, 0.25) is 0 Å². The summed E-state index contributed by atoms with van der Waals surface area (Å²) < 4.78 is 5.30. The topological polar surface area (TPSA) is 61.4 Å². The van der Waals surface area contributed by atoms with E-state index in [4.69, 9.17) is 4.74 Å². The molecule has 0 radical (unpaired) electrons. The molecule has 1 aromatic carbocycles. The van der Waals surface area contributed by atoms with Crippen molar-refractivity contribution in [1.82, 2.24) is 14.9 Å². The average Bonchev–Trinajstić information content (AvgIpc) is 3.24. The molecule has 3 aromatic rings. The van der Waals surface area contributed by atoms with Gasteiger partial charge in [0.2, 0.25) is 0 Å². The summed E-state index contributed by atoms with van der Waals surface area (Å²) in [7, 11) is 1.68. The second kappa shape index (κ2) is 7.35. The van der Waals surface area contributed by atoms with E-state index in [1.54, 1.807) is 7.11 Å². The van der Waals surface area contributed by atoms with Crippen molar-refractivity contribution in [1.29, 1.82) is 0 Å². The number of pyridine rings is 1. The normalized spacial score (nSPS) is 26.5. The van der Waals surface area contributed by atoms with E-state index in [9.17, 15) is 5.11 Å². The first-order valence-electron chi connectivity index (χ1n) is 11.4. The van der Waals surface area contributed by atoms with Crippen LogP contribution in [0.3, 0.4) is 0 Å². The van der Waals surface area contributed by atoms with Crippen LogP contribution < -0.4 is 4.74 Å². The van der Waals surface area contributed by atoms with Crippen molar-refractivity contribution in [2.75, 3.05) is 7.11 Å². The summed E-state index contributed by atoms with van der Waals surface area (Å²) in [6.45, 7) is 7.68. The van der Waals surface area contributed by atoms with Crippen LogP contribution >= 0.6 is 0 Å². The number of ether oxygens (including phenoxy) is 1. The highest BCUT2D eigenvalue weighted by Crippen LogP contribution is 2.47. The van der Waals surface area contributed by atoms with Gasteiger partial charge in [-0.25, -0.2) is 4.98 Å². The van der Waals surface area contributed by atoms with Gasteiger partial charge in [-0.3, -0.25) is 4.90 Å². The second-order valence-corrected chi connectivity index (χ2v) is 10.4. The van der Waals surface area contributed by atoms with Crippen molar-refractivity contribution >= 4 is 11.0 Å². The molecule has 0 aliphatic carbocycles.